The molecule has 2 aromatic carbocycles. The maximum absolute atomic E-state index is 14.4. The lowest BCUT2D eigenvalue weighted by atomic mass is 10.1. The molecule has 0 bridgehead atoms. The zero-order valence-corrected chi connectivity index (χ0v) is 20.9. The molecule has 5 rings (SSSR count). The quantitative estimate of drug-likeness (QED) is 0.274. The van der Waals surface area contributed by atoms with Gasteiger partial charge in [-0.3, -0.25) is 14.6 Å². The van der Waals surface area contributed by atoms with Crippen LogP contribution in [0.15, 0.2) is 83.7 Å². The van der Waals surface area contributed by atoms with Gasteiger partial charge in [-0.15, -0.1) is 0 Å². The normalized spacial score (nSPS) is 10.8. The third-order valence-electron chi connectivity index (χ3n) is 5.42. The second kappa shape index (κ2) is 10.8. The van der Waals surface area contributed by atoms with E-state index in [0.29, 0.717) is 11.4 Å². The van der Waals surface area contributed by atoms with Crippen molar-refractivity contribution in [1.29, 1.82) is 0 Å². The zero-order chi connectivity index (χ0) is 26.6. The number of carbonyl (C=O) groups excluding carboxylic acids is 2. The summed E-state index contributed by atoms with van der Waals surface area (Å²) in [6.45, 7) is 0.127. The van der Waals surface area contributed by atoms with E-state index in [0.717, 1.165) is 0 Å². The van der Waals surface area contributed by atoms with E-state index in [9.17, 15) is 14.0 Å². The number of halogens is 3. The van der Waals surface area contributed by atoms with Crippen LogP contribution in [-0.2, 0) is 6.54 Å². The van der Waals surface area contributed by atoms with Gasteiger partial charge in [0.2, 0.25) is 0 Å². The molecule has 12 heteroatoms. The Bertz CT molecular complexity index is 1620. The topological polar surface area (TPSA) is 115 Å². The molecule has 5 aromatic rings. The SMILES string of the molecule is O=C(NCc1ccon1)c1cc(NC(=O)c2cc(-c3ncccc3F)c(Cl)cc2Cl)n(-c2ccccc2)n1. The Labute approximate surface area is 225 Å². The van der Waals surface area contributed by atoms with Crippen molar-refractivity contribution in [2.24, 2.45) is 0 Å². The maximum atomic E-state index is 14.4. The minimum absolute atomic E-state index is 0.0222. The van der Waals surface area contributed by atoms with Crippen LogP contribution in [0.1, 0.15) is 26.5 Å². The van der Waals surface area contributed by atoms with Gasteiger partial charge < -0.3 is 15.2 Å². The number of nitrogens with zero attached hydrogens (tertiary/aromatic N) is 4. The molecular weight excluding hydrogens is 534 g/mol. The van der Waals surface area contributed by atoms with Crippen molar-refractivity contribution in [2.75, 3.05) is 5.32 Å². The number of amides is 2. The van der Waals surface area contributed by atoms with Crippen molar-refractivity contribution in [3.05, 3.63) is 112 Å². The van der Waals surface area contributed by atoms with Crippen molar-refractivity contribution >= 4 is 40.8 Å². The first kappa shape index (κ1) is 25.1. The lowest BCUT2D eigenvalue weighted by molar-refractivity contribution is 0.0943. The smallest absolute Gasteiger partial charge is 0.272 e. The van der Waals surface area contributed by atoms with Gasteiger partial charge in [0.15, 0.2) is 5.69 Å². The summed E-state index contributed by atoms with van der Waals surface area (Å²) in [4.78, 5) is 30.2. The summed E-state index contributed by atoms with van der Waals surface area (Å²) in [5.41, 5.74) is 1.37. The molecule has 0 radical (unpaired) electrons. The molecular formula is C26H17Cl2FN6O3. The van der Waals surface area contributed by atoms with Gasteiger partial charge in [-0.05, 0) is 36.4 Å². The zero-order valence-electron chi connectivity index (χ0n) is 19.4. The number of hydrogen-bond acceptors (Lipinski definition) is 6. The summed E-state index contributed by atoms with van der Waals surface area (Å²) in [6, 6.07) is 17.4. The summed E-state index contributed by atoms with van der Waals surface area (Å²) < 4.78 is 20.6. The molecule has 0 saturated carbocycles. The van der Waals surface area contributed by atoms with E-state index in [-0.39, 0.29) is 44.9 Å². The summed E-state index contributed by atoms with van der Waals surface area (Å²) >= 11 is 12.6. The monoisotopic (exact) mass is 550 g/mol. The Balaban J connectivity index is 1.47. The van der Waals surface area contributed by atoms with Gasteiger partial charge in [0.25, 0.3) is 11.8 Å². The van der Waals surface area contributed by atoms with Crippen LogP contribution in [-0.4, -0.2) is 31.7 Å². The predicted molar refractivity (Wildman–Crippen MR) is 139 cm³/mol. The van der Waals surface area contributed by atoms with E-state index in [1.54, 1.807) is 30.3 Å². The number of pyridine rings is 1. The van der Waals surface area contributed by atoms with Crippen LogP contribution in [0.25, 0.3) is 16.9 Å². The highest BCUT2D eigenvalue weighted by Gasteiger charge is 2.21. The average molecular weight is 551 g/mol. The highest BCUT2D eigenvalue weighted by molar-refractivity contribution is 6.38. The average Bonchev–Trinajstić information content (AvgIpc) is 3.59. The number of aromatic nitrogens is 4. The Morgan fingerprint density at radius 1 is 0.974 bits per heavy atom. The summed E-state index contributed by atoms with van der Waals surface area (Å²) in [5, 5.41) is 13.7. The first-order chi connectivity index (χ1) is 18.4. The molecule has 9 nitrogen and oxygen atoms in total. The number of para-hydroxylation sites is 1. The summed E-state index contributed by atoms with van der Waals surface area (Å²) in [6.07, 6.45) is 2.81. The minimum Gasteiger partial charge on any atom is -0.364 e. The first-order valence-electron chi connectivity index (χ1n) is 11.1. The number of benzene rings is 2. The Hall–Kier alpha value is -4.54. The van der Waals surface area contributed by atoms with Crippen LogP contribution in [0.5, 0.6) is 0 Å². The van der Waals surface area contributed by atoms with Crippen LogP contribution in [0.2, 0.25) is 10.0 Å². The Morgan fingerprint density at radius 3 is 2.53 bits per heavy atom. The molecule has 0 saturated heterocycles. The molecule has 0 aliphatic heterocycles. The van der Waals surface area contributed by atoms with Gasteiger partial charge in [-0.25, -0.2) is 9.07 Å². The molecule has 2 N–H and O–H groups in total. The molecule has 0 fully saturated rings. The van der Waals surface area contributed by atoms with Crippen LogP contribution in [0.3, 0.4) is 0 Å². The highest BCUT2D eigenvalue weighted by atomic mass is 35.5. The molecule has 0 atom stereocenters. The number of carbonyl (C=O) groups is 2. The summed E-state index contributed by atoms with van der Waals surface area (Å²) in [7, 11) is 0. The van der Waals surface area contributed by atoms with Crippen molar-refractivity contribution in [3.8, 4) is 16.9 Å². The number of hydrogen-bond donors (Lipinski definition) is 2. The second-order valence-electron chi connectivity index (χ2n) is 7.94. The fraction of sp³-hybridized carbons (Fsp3) is 0.0385. The highest BCUT2D eigenvalue weighted by Crippen LogP contribution is 2.33. The van der Waals surface area contributed by atoms with Gasteiger partial charge in [-0.1, -0.05) is 46.6 Å². The van der Waals surface area contributed by atoms with Gasteiger partial charge >= 0.3 is 0 Å². The predicted octanol–water partition coefficient (Wildman–Crippen LogP) is 5.55. The van der Waals surface area contributed by atoms with Crippen LogP contribution >= 0.6 is 23.2 Å². The minimum atomic E-state index is -0.629. The fourth-order valence-electron chi connectivity index (χ4n) is 3.61. The molecule has 0 aliphatic carbocycles. The number of anilines is 1. The molecule has 0 unspecified atom stereocenters. The second-order valence-corrected chi connectivity index (χ2v) is 8.75. The van der Waals surface area contributed by atoms with Crippen molar-refractivity contribution in [3.63, 3.8) is 0 Å². The lowest BCUT2D eigenvalue weighted by Gasteiger charge is -2.12. The van der Waals surface area contributed by atoms with Crippen LogP contribution in [0.4, 0.5) is 10.2 Å². The van der Waals surface area contributed by atoms with Crippen LogP contribution < -0.4 is 10.6 Å². The molecule has 2 amide bonds. The molecule has 190 valence electrons. The summed E-state index contributed by atoms with van der Waals surface area (Å²) in [5.74, 6) is -1.53. The standard InChI is InChI=1S/C26H17Cl2FN6O3/c27-19-12-20(28)18(11-17(19)24-21(29)7-4-9-30-24)25(36)32-23-13-22(26(37)31-14-15-8-10-38-34-15)33-35(23)16-5-2-1-3-6-16/h1-13H,14H2,(H,31,37)(H,32,36). The molecule has 3 aromatic heterocycles. The van der Waals surface area contributed by atoms with E-state index < -0.39 is 17.6 Å². The van der Waals surface area contributed by atoms with Gasteiger partial charge in [0.05, 0.1) is 27.8 Å². The van der Waals surface area contributed by atoms with Gasteiger partial charge in [-0.2, -0.15) is 5.10 Å². The van der Waals surface area contributed by atoms with Gasteiger partial charge in [0.1, 0.15) is 29.3 Å². The molecule has 0 aliphatic rings. The fourth-order valence-corrected chi connectivity index (χ4v) is 4.17. The van der Waals surface area contributed by atoms with Crippen molar-refractivity contribution in [1.82, 2.24) is 25.2 Å². The van der Waals surface area contributed by atoms with Crippen LogP contribution in [0, 0.1) is 5.82 Å². The third-order valence-corrected chi connectivity index (χ3v) is 6.05. The number of nitrogens with one attached hydrogen (secondary N) is 2. The van der Waals surface area contributed by atoms with E-state index in [4.69, 9.17) is 27.7 Å². The van der Waals surface area contributed by atoms with E-state index in [2.05, 4.69) is 25.9 Å². The van der Waals surface area contributed by atoms with Gasteiger partial charge in [0, 0.05) is 23.9 Å². The van der Waals surface area contributed by atoms with E-state index in [1.807, 2.05) is 6.07 Å². The molecule has 0 spiro atoms. The van der Waals surface area contributed by atoms with Crippen molar-refractivity contribution < 1.29 is 18.5 Å². The number of rotatable bonds is 7. The van der Waals surface area contributed by atoms with E-state index in [1.165, 1.54) is 47.5 Å². The Morgan fingerprint density at radius 2 is 1.79 bits per heavy atom. The first-order valence-corrected chi connectivity index (χ1v) is 11.9. The Kier molecular flexibility index (Phi) is 7.16. The molecule has 38 heavy (non-hydrogen) atoms. The largest absolute Gasteiger partial charge is 0.364 e. The van der Waals surface area contributed by atoms with Crippen molar-refractivity contribution in [2.45, 2.75) is 6.54 Å². The molecule has 3 heterocycles. The maximum Gasteiger partial charge on any atom is 0.272 e. The lowest BCUT2D eigenvalue weighted by Crippen LogP contribution is -2.23. The van der Waals surface area contributed by atoms with E-state index >= 15 is 0 Å². The third kappa shape index (κ3) is 5.26.